The zero-order chi connectivity index (χ0) is 22.5. The van der Waals surface area contributed by atoms with Gasteiger partial charge in [-0.25, -0.2) is 4.39 Å². The Labute approximate surface area is 186 Å². The van der Waals surface area contributed by atoms with Gasteiger partial charge in [-0.15, -0.1) is 0 Å². The third-order valence-corrected chi connectivity index (χ3v) is 6.43. The van der Waals surface area contributed by atoms with Crippen LogP contribution in [0.2, 0.25) is 0 Å². The molecule has 3 aromatic carbocycles. The molecule has 5 rings (SSSR count). The summed E-state index contributed by atoms with van der Waals surface area (Å²) in [6.45, 7) is 2.00. The molecular weight excluding hydrogens is 409 g/mol. The molecule has 164 valence electrons. The zero-order valence-electron chi connectivity index (χ0n) is 17.6. The highest BCUT2D eigenvalue weighted by molar-refractivity contribution is 5.95. The monoisotopic (exact) mass is 433 g/mol. The van der Waals surface area contributed by atoms with Crippen LogP contribution in [0.25, 0.3) is 11.1 Å². The summed E-state index contributed by atoms with van der Waals surface area (Å²) in [5, 5.41) is 0. The van der Waals surface area contributed by atoms with Gasteiger partial charge in [-0.05, 0) is 84.0 Å². The molecule has 0 spiro atoms. The number of hydrogen-bond acceptors (Lipinski definition) is 4. The van der Waals surface area contributed by atoms with Crippen molar-refractivity contribution in [2.75, 3.05) is 6.79 Å². The van der Waals surface area contributed by atoms with Crippen LogP contribution in [0, 0.1) is 12.7 Å². The number of Topliss-reactive ketones (excluding diaryl/α,β-unsaturated/α-hetero) is 1. The van der Waals surface area contributed by atoms with Crippen molar-refractivity contribution in [2.45, 2.75) is 31.6 Å². The number of amides is 1. The number of halogens is 1. The fourth-order valence-corrected chi connectivity index (χ4v) is 4.37. The van der Waals surface area contributed by atoms with Crippen molar-refractivity contribution in [3.05, 3.63) is 82.7 Å². The van der Waals surface area contributed by atoms with Crippen LogP contribution in [-0.4, -0.2) is 18.5 Å². The van der Waals surface area contributed by atoms with Gasteiger partial charge in [-0.3, -0.25) is 9.59 Å². The Bertz CT molecular complexity index is 1250. The van der Waals surface area contributed by atoms with Crippen LogP contribution in [0.15, 0.2) is 54.6 Å². The van der Waals surface area contributed by atoms with Crippen LogP contribution in [0.1, 0.15) is 41.3 Å². The Morgan fingerprint density at radius 3 is 2.44 bits per heavy atom. The molecule has 32 heavy (non-hydrogen) atoms. The van der Waals surface area contributed by atoms with Gasteiger partial charge in [-0.1, -0.05) is 18.2 Å². The second-order valence-electron chi connectivity index (χ2n) is 8.45. The van der Waals surface area contributed by atoms with Crippen molar-refractivity contribution >= 4 is 11.7 Å². The largest absolute Gasteiger partial charge is 0.454 e. The van der Waals surface area contributed by atoms with E-state index in [0.717, 1.165) is 35.1 Å². The zero-order valence-corrected chi connectivity index (χ0v) is 17.6. The molecule has 1 aliphatic heterocycles. The van der Waals surface area contributed by atoms with Gasteiger partial charge in [0, 0.05) is 13.4 Å². The molecule has 1 amide bonds. The van der Waals surface area contributed by atoms with Gasteiger partial charge in [0.05, 0.1) is 5.41 Å². The molecule has 0 unspecified atom stereocenters. The van der Waals surface area contributed by atoms with Crippen LogP contribution in [0.5, 0.6) is 11.5 Å². The normalized spacial score (nSPS) is 15.4. The number of fused-ring (bicyclic) bond motifs is 1. The van der Waals surface area contributed by atoms with Crippen molar-refractivity contribution in [1.29, 1.82) is 0 Å². The topological polar surface area (TPSA) is 78.6 Å². The third kappa shape index (κ3) is 3.42. The number of primary amides is 1. The number of carbonyl (C=O) groups is 2. The maximum Gasteiger partial charge on any atom is 0.248 e. The second-order valence-corrected chi connectivity index (χ2v) is 8.45. The van der Waals surface area contributed by atoms with E-state index < -0.39 is 17.1 Å². The summed E-state index contributed by atoms with van der Waals surface area (Å²) in [5.41, 5.74) is 8.78. The summed E-state index contributed by atoms with van der Waals surface area (Å²) in [7, 11) is 0. The average molecular weight is 433 g/mol. The van der Waals surface area contributed by atoms with Crippen molar-refractivity contribution in [1.82, 2.24) is 0 Å². The van der Waals surface area contributed by atoms with E-state index in [1.54, 1.807) is 30.3 Å². The van der Waals surface area contributed by atoms with Gasteiger partial charge in [0.15, 0.2) is 11.5 Å². The Balaban J connectivity index is 0.00000259. The number of nitrogens with two attached hydrogens (primary N) is 1. The van der Waals surface area contributed by atoms with E-state index >= 15 is 0 Å². The van der Waals surface area contributed by atoms with E-state index in [0.29, 0.717) is 22.6 Å². The maximum atomic E-state index is 14.8. The van der Waals surface area contributed by atoms with E-state index in [1.165, 1.54) is 6.07 Å². The van der Waals surface area contributed by atoms with Gasteiger partial charge >= 0.3 is 0 Å². The van der Waals surface area contributed by atoms with Crippen LogP contribution < -0.4 is 15.2 Å². The molecule has 0 saturated heterocycles. The number of benzene rings is 3. The lowest BCUT2D eigenvalue weighted by molar-refractivity contribution is -0.120. The highest BCUT2D eigenvalue weighted by atomic mass is 19.1. The van der Waals surface area contributed by atoms with Crippen molar-refractivity contribution in [3.63, 3.8) is 0 Å². The maximum absolute atomic E-state index is 14.8. The van der Waals surface area contributed by atoms with Gasteiger partial charge in [0.1, 0.15) is 11.6 Å². The van der Waals surface area contributed by atoms with Crippen LogP contribution in [0.3, 0.4) is 0 Å². The van der Waals surface area contributed by atoms with Crippen LogP contribution >= 0.6 is 0 Å². The molecule has 1 saturated carbocycles. The third-order valence-electron chi connectivity index (χ3n) is 6.43. The molecule has 2 N–H and O–H groups in total. The Kier molecular flexibility index (Phi) is 4.73. The molecule has 2 aliphatic rings. The van der Waals surface area contributed by atoms with E-state index in [4.69, 9.17) is 15.2 Å². The first-order chi connectivity index (χ1) is 15.4. The van der Waals surface area contributed by atoms with Crippen LogP contribution in [-0.2, 0) is 16.6 Å². The van der Waals surface area contributed by atoms with Crippen LogP contribution in [0.4, 0.5) is 4.39 Å². The molecule has 0 bridgehead atoms. The molecule has 6 heteroatoms. The summed E-state index contributed by atoms with van der Waals surface area (Å²) in [5.74, 6) is 0.416. The lowest BCUT2D eigenvalue weighted by Crippen LogP contribution is -2.23. The molecule has 1 heterocycles. The van der Waals surface area contributed by atoms with E-state index in [1.807, 2.05) is 25.1 Å². The van der Waals surface area contributed by atoms with E-state index in [2.05, 4.69) is 0 Å². The fourth-order valence-electron chi connectivity index (χ4n) is 4.37. The SMILES string of the molecule is Cc1cc(F)c(CC(=O)C2(c3ccc4c(c3)OCO4)CC2)cc1-c1ccc(C(N)=O)cc1.[HH]. The summed E-state index contributed by atoms with van der Waals surface area (Å²) in [4.78, 5) is 24.6. The van der Waals surface area contributed by atoms with Gasteiger partial charge in [0.2, 0.25) is 12.7 Å². The minimum Gasteiger partial charge on any atom is -0.454 e. The standard InChI is InChI=1S/C26H22FNO4.H2/c1-15-10-21(27)18(11-20(15)16-2-4-17(5-3-16)25(28)30)12-24(29)26(8-9-26)19-6-7-22-23(13-19)32-14-31-22;/h2-7,10-11,13H,8-9,12,14H2,1H3,(H2,28,30);1H. The first-order valence-corrected chi connectivity index (χ1v) is 10.5. The van der Waals surface area contributed by atoms with Crippen molar-refractivity contribution in [2.24, 2.45) is 5.73 Å². The number of carbonyl (C=O) groups excluding carboxylic acids is 2. The Morgan fingerprint density at radius 2 is 1.75 bits per heavy atom. The molecular formula is C26H24FNO4. The van der Waals surface area contributed by atoms with Crippen molar-refractivity contribution < 1.29 is 24.9 Å². The number of ketones is 1. The number of aryl methyl sites for hydroxylation is 1. The summed E-state index contributed by atoms with van der Waals surface area (Å²) >= 11 is 0. The van der Waals surface area contributed by atoms with Gasteiger partial charge in [-0.2, -0.15) is 0 Å². The van der Waals surface area contributed by atoms with E-state index in [9.17, 15) is 14.0 Å². The summed E-state index contributed by atoms with van der Waals surface area (Å²) in [6.07, 6.45) is 1.48. The average Bonchev–Trinajstić information content (AvgIpc) is 3.46. The molecule has 0 atom stereocenters. The summed E-state index contributed by atoms with van der Waals surface area (Å²) < 4.78 is 25.6. The second kappa shape index (κ2) is 7.48. The lowest BCUT2D eigenvalue weighted by Gasteiger charge is -2.17. The van der Waals surface area contributed by atoms with Gasteiger partial charge in [0.25, 0.3) is 0 Å². The molecule has 1 fully saturated rings. The number of hydrogen-bond donors (Lipinski definition) is 1. The predicted molar refractivity (Wildman–Crippen MR) is 119 cm³/mol. The first-order valence-electron chi connectivity index (χ1n) is 10.5. The first kappa shape index (κ1) is 20.2. The Hall–Kier alpha value is -3.67. The van der Waals surface area contributed by atoms with E-state index in [-0.39, 0.29) is 20.4 Å². The van der Waals surface area contributed by atoms with Gasteiger partial charge < -0.3 is 15.2 Å². The number of rotatable bonds is 6. The molecule has 5 nitrogen and oxygen atoms in total. The minimum atomic E-state index is -0.596. The van der Waals surface area contributed by atoms with Crippen molar-refractivity contribution in [3.8, 4) is 22.6 Å². The predicted octanol–water partition coefficient (Wildman–Crippen LogP) is 4.72. The Morgan fingerprint density at radius 1 is 1.03 bits per heavy atom. The molecule has 3 aromatic rings. The molecule has 1 aliphatic carbocycles. The molecule has 0 radical (unpaired) electrons. The quantitative estimate of drug-likeness (QED) is 0.610. The summed E-state index contributed by atoms with van der Waals surface area (Å²) in [6, 6.07) is 15.6. The minimum absolute atomic E-state index is 0. The lowest BCUT2D eigenvalue weighted by atomic mass is 9.86. The highest BCUT2D eigenvalue weighted by Gasteiger charge is 2.51. The fraction of sp³-hybridized carbons (Fsp3) is 0.231. The smallest absolute Gasteiger partial charge is 0.248 e. The molecule has 0 aromatic heterocycles. The number of ether oxygens (including phenoxy) is 2. The highest BCUT2D eigenvalue weighted by Crippen LogP contribution is 2.51.